The molecular formula is C27H25N3O6S. The van der Waals surface area contributed by atoms with E-state index in [2.05, 4.69) is 5.32 Å². The van der Waals surface area contributed by atoms with E-state index in [0.29, 0.717) is 48.4 Å². The summed E-state index contributed by atoms with van der Waals surface area (Å²) in [5.41, 5.74) is 3.87. The second-order valence-electron chi connectivity index (χ2n) is 9.31. The summed E-state index contributed by atoms with van der Waals surface area (Å²) < 4.78 is 38.5. The van der Waals surface area contributed by atoms with Crippen LogP contribution in [0.4, 0.5) is 0 Å². The maximum absolute atomic E-state index is 13.2. The van der Waals surface area contributed by atoms with Gasteiger partial charge in [0.1, 0.15) is 0 Å². The van der Waals surface area contributed by atoms with E-state index in [1.165, 1.54) is 0 Å². The number of aromatic nitrogens is 2. The molecule has 0 saturated carbocycles. The van der Waals surface area contributed by atoms with Crippen molar-refractivity contribution in [2.24, 2.45) is 0 Å². The monoisotopic (exact) mass is 519 g/mol. The number of rotatable bonds is 3. The van der Waals surface area contributed by atoms with Gasteiger partial charge < -0.3 is 13.9 Å². The van der Waals surface area contributed by atoms with Gasteiger partial charge in [-0.3, -0.25) is 19.1 Å². The second kappa shape index (κ2) is 8.98. The van der Waals surface area contributed by atoms with E-state index in [1.807, 2.05) is 70.1 Å². The number of aryl methyl sites for hydroxylation is 1. The van der Waals surface area contributed by atoms with Gasteiger partial charge in [-0.25, -0.2) is 0 Å². The van der Waals surface area contributed by atoms with Crippen LogP contribution in [0.5, 0.6) is 0 Å². The van der Waals surface area contributed by atoms with Crippen LogP contribution in [0.2, 0.25) is 0 Å². The summed E-state index contributed by atoms with van der Waals surface area (Å²) in [5, 5.41) is 4.21. The van der Waals surface area contributed by atoms with Gasteiger partial charge in [-0.15, -0.1) is 0 Å². The van der Waals surface area contributed by atoms with E-state index in [1.54, 1.807) is 0 Å². The summed E-state index contributed by atoms with van der Waals surface area (Å²) >= 11 is 0. The van der Waals surface area contributed by atoms with E-state index in [9.17, 15) is 18.0 Å². The van der Waals surface area contributed by atoms with Crippen LogP contribution in [0.15, 0.2) is 60.9 Å². The Morgan fingerprint density at radius 3 is 2.00 bits per heavy atom. The van der Waals surface area contributed by atoms with E-state index in [-0.39, 0.29) is 6.61 Å². The molecule has 10 heteroatoms. The molecule has 2 aliphatic heterocycles. The molecule has 2 aromatic heterocycles. The number of nitrogens with zero attached hydrogens (tertiary/aromatic N) is 2. The van der Waals surface area contributed by atoms with Crippen LogP contribution in [0.1, 0.15) is 17.5 Å². The average molecular weight is 520 g/mol. The zero-order valence-electron chi connectivity index (χ0n) is 20.1. The van der Waals surface area contributed by atoms with Crippen LogP contribution in [0, 0.1) is 0 Å². The van der Waals surface area contributed by atoms with Crippen molar-refractivity contribution in [3.63, 3.8) is 0 Å². The molecule has 0 spiro atoms. The molecule has 1 atom stereocenters. The SMILES string of the molecule is CS(=O)(=O)OCC1CCn2cc(c3ccccc32)C2=C(C(=O)NC2=O)c2cn(c3ccccc23)CCO1. The number of benzene rings is 2. The zero-order valence-corrected chi connectivity index (χ0v) is 21.0. The first-order chi connectivity index (χ1) is 17.8. The summed E-state index contributed by atoms with van der Waals surface area (Å²) in [6.07, 6.45) is 4.82. The minimum absolute atomic E-state index is 0.0885. The Morgan fingerprint density at radius 2 is 1.43 bits per heavy atom. The molecule has 1 N–H and O–H groups in total. The fraction of sp³-hybridized carbons (Fsp3) is 0.259. The van der Waals surface area contributed by atoms with Gasteiger partial charge in [0, 0.05) is 58.4 Å². The molecule has 190 valence electrons. The van der Waals surface area contributed by atoms with Crippen LogP contribution < -0.4 is 5.32 Å². The van der Waals surface area contributed by atoms with Crippen molar-refractivity contribution in [3.8, 4) is 0 Å². The third kappa shape index (κ3) is 4.26. The molecule has 2 aliphatic rings. The number of para-hydroxylation sites is 2. The fourth-order valence-corrected chi connectivity index (χ4v) is 5.65. The maximum atomic E-state index is 13.2. The topological polar surface area (TPSA) is 109 Å². The van der Waals surface area contributed by atoms with Crippen LogP contribution in [-0.4, -0.2) is 54.9 Å². The Labute approximate surface area is 213 Å². The van der Waals surface area contributed by atoms with Crippen molar-refractivity contribution in [1.29, 1.82) is 0 Å². The lowest BCUT2D eigenvalue weighted by Gasteiger charge is -2.19. The highest BCUT2D eigenvalue weighted by atomic mass is 32.2. The molecule has 0 fully saturated rings. The molecule has 0 aliphatic carbocycles. The van der Waals surface area contributed by atoms with Crippen LogP contribution >= 0.6 is 0 Å². The normalized spacial score (nSPS) is 18.8. The zero-order chi connectivity index (χ0) is 25.7. The Bertz CT molecular complexity index is 1710. The lowest BCUT2D eigenvalue weighted by molar-refractivity contribution is -0.122. The molecule has 0 radical (unpaired) electrons. The molecule has 2 amide bonds. The van der Waals surface area contributed by atoms with Gasteiger partial charge in [-0.1, -0.05) is 36.4 Å². The number of carbonyl (C=O) groups excluding carboxylic acids is 2. The van der Waals surface area contributed by atoms with E-state index in [4.69, 9.17) is 8.92 Å². The number of fused-ring (bicyclic) bond motifs is 12. The molecular weight excluding hydrogens is 494 g/mol. The van der Waals surface area contributed by atoms with Crippen LogP contribution in [-0.2, 0) is 41.7 Å². The highest BCUT2D eigenvalue weighted by molar-refractivity contribution is 7.85. The summed E-state index contributed by atoms with van der Waals surface area (Å²) in [4.78, 5) is 26.4. The largest absolute Gasteiger partial charge is 0.374 e. The third-order valence-electron chi connectivity index (χ3n) is 6.89. The van der Waals surface area contributed by atoms with Crippen molar-refractivity contribution in [1.82, 2.24) is 14.5 Å². The summed E-state index contributed by atoms with van der Waals surface area (Å²) in [6.45, 7) is 1.20. The number of hydrogen-bond donors (Lipinski definition) is 1. The van der Waals surface area contributed by atoms with Crippen molar-refractivity contribution in [2.75, 3.05) is 19.5 Å². The standard InChI is InChI=1S/C27H25N3O6S/c1-37(33,34)36-16-17-10-11-29-14-20(18-6-2-4-8-22(18)29)24-25(27(32)28-26(24)31)21-15-30(12-13-35-17)23-9-5-3-7-19(21)23/h2-9,14-15,17H,10-13,16H2,1H3,(H,28,31,32). The first-order valence-corrected chi connectivity index (χ1v) is 13.8. The van der Waals surface area contributed by atoms with Crippen LogP contribution in [0.3, 0.4) is 0 Å². The molecule has 2 aromatic carbocycles. The molecule has 4 bridgehead atoms. The first-order valence-electron chi connectivity index (χ1n) is 12.0. The minimum Gasteiger partial charge on any atom is -0.374 e. The fourth-order valence-electron chi connectivity index (χ4n) is 5.25. The Morgan fingerprint density at radius 1 is 0.892 bits per heavy atom. The summed E-state index contributed by atoms with van der Waals surface area (Å²) in [6, 6.07) is 15.4. The predicted octanol–water partition coefficient (Wildman–Crippen LogP) is 2.93. The third-order valence-corrected chi connectivity index (χ3v) is 7.46. The lowest BCUT2D eigenvalue weighted by Crippen LogP contribution is -2.25. The second-order valence-corrected chi connectivity index (χ2v) is 11.0. The van der Waals surface area contributed by atoms with E-state index < -0.39 is 28.0 Å². The van der Waals surface area contributed by atoms with E-state index in [0.717, 1.165) is 28.1 Å². The molecule has 37 heavy (non-hydrogen) atoms. The Balaban J connectivity index is 1.57. The molecule has 0 saturated heterocycles. The maximum Gasteiger partial charge on any atom is 0.264 e. The molecule has 4 aromatic rings. The number of carbonyl (C=O) groups is 2. The molecule has 9 nitrogen and oxygen atoms in total. The number of imide groups is 1. The van der Waals surface area contributed by atoms with Gasteiger partial charge in [0.2, 0.25) is 0 Å². The molecule has 1 unspecified atom stereocenters. The number of amides is 2. The highest BCUT2D eigenvalue weighted by Gasteiger charge is 2.35. The number of nitrogens with one attached hydrogen (secondary N) is 1. The van der Waals surface area contributed by atoms with E-state index >= 15 is 0 Å². The number of ether oxygens (including phenoxy) is 1. The lowest BCUT2D eigenvalue weighted by atomic mass is 9.95. The predicted molar refractivity (Wildman–Crippen MR) is 139 cm³/mol. The van der Waals surface area contributed by atoms with Gasteiger partial charge >= 0.3 is 0 Å². The summed E-state index contributed by atoms with van der Waals surface area (Å²) in [5.74, 6) is -0.837. The number of hydrogen-bond acceptors (Lipinski definition) is 6. The quantitative estimate of drug-likeness (QED) is 0.329. The summed E-state index contributed by atoms with van der Waals surface area (Å²) in [7, 11) is -3.62. The van der Waals surface area contributed by atoms with Crippen LogP contribution in [0.25, 0.3) is 33.0 Å². The van der Waals surface area contributed by atoms with Crippen molar-refractivity contribution in [3.05, 3.63) is 72.1 Å². The smallest absolute Gasteiger partial charge is 0.264 e. The van der Waals surface area contributed by atoms with Gasteiger partial charge in [-0.2, -0.15) is 8.42 Å². The van der Waals surface area contributed by atoms with Gasteiger partial charge in [0.25, 0.3) is 21.9 Å². The minimum atomic E-state index is -3.62. The van der Waals surface area contributed by atoms with Crippen molar-refractivity contribution in [2.45, 2.75) is 25.6 Å². The van der Waals surface area contributed by atoms with Crippen molar-refractivity contribution < 1.29 is 26.9 Å². The first kappa shape index (κ1) is 23.7. The van der Waals surface area contributed by atoms with Gasteiger partial charge in [-0.05, 0) is 18.6 Å². The van der Waals surface area contributed by atoms with Crippen molar-refractivity contribution >= 4 is 54.9 Å². The highest BCUT2D eigenvalue weighted by Crippen LogP contribution is 2.39. The Kier molecular flexibility index (Phi) is 5.74. The molecule has 4 heterocycles. The van der Waals surface area contributed by atoms with Gasteiger partial charge in [0.15, 0.2) is 0 Å². The molecule has 6 rings (SSSR count). The van der Waals surface area contributed by atoms with Gasteiger partial charge in [0.05, 0.1) is 36.7 Å². The average Bonchev–Trinajstić information content (AvgIpc) is 3.50. The Hall–Kier alpha value is -3.73.